The molecule has 0 spiro atoms. The van der Waals surface area contributed by atoms with Crippen LogP contribution in [0, 0.1) is 0 Å². The summed E-state index contributed by atoms with van der Waals surface area (Å²) in [5.41, 5.74) is 1.80. The van der Waals surface area contributed by atoms with E-state index in [4.69, 9.17) is 0 Å². The average Bonchev–Trinajstić information content (AvgIpc) is 2.60. The summed E-state index contributed by atoms with van der Waals surface area (Å²) >= 11 is 0. The summed E-state index contributed by atoms with van der Waals surface area (Å²) in [6.45, 7) is 1.22. The van der Waals surface area contributed by atoms with Crippen molar-refractivity contribution >= 4 is 29.7 Å². The number of carbonyl (C=O) groups excluding carboxylic acids is 1. The lowest BCUT2D eigenvalue weighted by atomic mass is 10.1. The van der Waals surface area contributed by atoms with Gasteiger partial charge in [0.15, 0.2) is 0 Å². The van der Waals surface area contributed by atoms with Gasteiger partial charge in [0.2, 0.25) is 0 Å². The standard InChI is InChI=1S/C18H21F2N3O2.ClH/c1-2-21-11-12-22-17(24)15-5-3-4-6-16(15)23-13-7-9-14(10-8-13)25-18(19)20;/h3-10,18,21,23H,2,11-12H2,1H3,(H,22,24);1H. The molecule has 8 heteroatoms. The molecule has 2 rings (SSSR count). The Hall–Kier alpha value is -2.38. The van der Waals surface area contributed by atoms with Crippen LogP contribution in [0.15, 0.2) is 48.5 Å². The number of hydrogen-bond donors (Lipinski definition) is 3. The van der Waals surface area contributed by atoms with Gasteiger partial charge in [0.1, 0.15) is 5.75 Å². The molecule has 5 nitrogen and oxygen atoms in total. The Morgan fingerprint density at radius 2 is 1.77 bits per heavy atom. The van der Waals surface area contributed by atoms with Crippen LogP contribution < -0.4 is 20.7 Å². The average molecular weight is 386 g/mol. The number of hydrogen-bond acceptors (Lipinski definition) is 4. The molecule has 0 atom stereocenters. The first-order valence-corrected chi connectivity index (χ1v) is 8.00. The van der Waals surface area contributed by atoms with Crippen molar-refractivity contribution in [1.29, 1.82) is 0 Å². The number of amides is 1. The number of carbonyl (C=O) groups is 1. The van der Waals surface area contributed by atoms with Gasteiger partial charge in [-0.1, -0.05) is 19.1 Å². The lowest BCUT2D eigenvalue weighted by Crippen LogP contribution is -2.32. The fourth-order valence-corrected chi connectivity index (χ4v) is 2.20. The van der Waals surface area contributed by atoms with E-state index in [2.05, 4.69) is 20.7 Å². The van der Waals surface area contributed by atoms with Crippen molar-refractivity contribution in [3.05, 3.63) is 54.1 Å². The molecular formula is C18H22ClF2N3O2. The van der Waals surface area contributed by atoms with Crippen molar-refractivity contribution < 1.29 is 18.3 Å². The minimum atomic E-state index is -2.86. The fourth-order valence-electron chi connectivity index (χ4n) is 2.20. The summed E-state index contributed by atoms with van der Waals surface area (Å²) in [4.78, 5) is 12.3. The largest absolute Gasteiger partial charge is 0.435 e. The van der Waals surface area contributed by atoms with E-state index < -0.39 is 6.61 Å². The maximum Gasteiger partial charge on any atom is 0.387 e. The highest BCUT2D eigenvalue weighted by Gasteiger charge is 2.11. The first-order chi connectivity index (χ1) is 12.1. The van der Waals surface area contributed by atoms with Gasteiger partial charge >= 0.3 is 6.61 Å². The van der Waals surface area contributed by atoms with E-state index in [0.29, 0.717) is 30.0 Å². The molecule has 26 heavy (non-hydrogen) atoms. The number of para-hydroxylation sites is 1. The molecule has 0 aliphatic rings. The highest BCUT2D eigenvalue weighted by Crippen LogP contribution is 2.23. The monoisotopic (exact) mass is 385 g/mol. The van der Waals surface area contributed by atoms with Crippen LogP contribution in [0.5, 0.6) is 5.75 Å². The van der Waals surface area contributed by atoms with E-state index >= 15 is 0 Å². The minimum Gasteiger partial charge on any atom is -0.435 e. The topological polar surface area (TPSA) is 62.4 Å². The minimum absolute atomic E-state index is 0. The zero-order valence-corrected chi connectivity index (χ0v) is 15.1. The summed E-state index contributed by atoms with van der Waals surface area (Å²) in [6.07, 6.45) is 0. The van der Waals surface area contributed by atoms with E-state index in [1.807, 2.05) is 13.0 Å². The molecule has 0 heterocycles. The Morgan fingerprint density at radius 1 is 1.08 bits per heavy atom. The van der Waals surface area contributed by atoms with Gasteiger partial charge < -0.3 is 20.7 Å². The van der Waals surface area contributed by atoms with Gasteiger partial charge in [-0.05, 0) is 42.9 Å². The molecule has 1 amide bonds. The zero-order chi connectivity index (χ0) is 18.1. The van der Waals surface area contributed by atoms with Crippen LogP contribution in [0.3, 0.4) is 0 Å². The Labute approximate surface area is 157 Å². The normalized spacial score (nSPS) is 10.2. The van der Waals surface area contributed by atoms with Gasteiger partial charge in [-0.2, -0.15) is 8.78 Å². The molecule has 142 valence electrons. The Kier molecular flexibility index (Phi) is 9.40. The van der Waals surface area contributed by atoms with Crippen molar-refractivity contribution in [3.8, 4) is 5.75 Å². The number of rotatable bonds is 9. The zero-order valence-electron chi connectivity index (χ0n) is 14.3. The first-order valence-electron chi connectivity index (χ1n) is 8.00. The maximum atomic E-state index is 12.3. The second-order valence-corrected chi connectivity index (χ2v) is 5.18. The molecule has 0 unspecified atom stereocenters. The van der Waals surface area contributed by atoms with Crippen molar-refractivity contribution in [1.82, 2.24) is 10.6 Å². The van der Waals surface area contributed by atoms with Crippen LogP contribution in [0.1, 0.15) is 17.3 Å². The molecule has 0 saturated carbocycles. The second-order valence-electron chi connectivity index (χ2n) is 5.18. The lowest BCUT2D eigenvalue weighted by molar-refractivity contribution is -0.0498. The third-order valence-corrected chi connectivity index (χ3v) is 3.37. The molecule has 0 fully saturated rings. The van der Waals surface area contributed by atoms with Crippen LogP contribution in [0.25, 0.3) is 0 Å². The van der Waals surface area contributed by atoms with Crippen LogP contribution >= 0.6 is 12.4 Å². The molecular weight excluding hydrogens is 364 g/mol. The van der Waals surface area contributed by atoms with Crippen LogP contribution in [-0.4, -0.2) is 32.2 Å². The Balaban J connectivity index is 0.00000338. The molecule has 0 bridgehead atoms. The Morgan fingerprint density at radius 3 is 2.42 bits per heavy atom. The number of ether oxygens (including phenoxy) is 1. The number of benzene rings is 2. The van der Waals surface area contributed by atoms with Crippen LogP contribution in [0.4, 0.5) is 20.2 Å². The van der Waals surface area contributed by atoms with Gasteiger partial charge in [0.05, 0.1) is 11.3 Å². The predicted molar refractivity (Wildman–Crippen MR) is 101 cm³/mol. The summed E-state index contributed by atoms with van der Waals surface area (Å²) in [5.74, 6) is -0.103. The molecule has 0 aliphatic carbocycles. The fraction of sp³-hybridized carbons (Fsp3) is 0.278. The van der Waals surface area contributed by atoms with E-state index in [-0.39, 0.29) is 24.1 Å². The van der Waals surface area contributed by atoms with Crippen LogP contribution in [-0.2, 0) is 0 Å². The molecule has 3 N–H and O–H groups in total. The van der Waals surface area contributed by atoms with Gasteiger partial charge in [0.25, 0.3) is 5.91 Å². The van der Waals surface area contributed by atoms with E-state index in [9.17, 15) is 13.6 Å². The summed E-state index contributed by atoms with van der Waals surface area (Å²) in [7, 11) is 0. The van der Waals surface area contributed by atoms with Gasteiger partial charge in [-0.3, -0.25) is 4.79 Å². The number of nitrogens with one attached hydrogen (secondary N) is 3. The number of halogens is 3. The van der Waals surface area contributed by atoms with Crippen molar-refractivity contribution in [3.63, 3.8) is 0 Å². The summed E-state index contributed by atoms with van der Waals surface area (Å²) in [6, 6.07) is 13.2. The van der Waals surface area contributed by atoms with Gasteiger partial charge in [0, 0.05) is 18.8 Å². The molecule has 0 aliphatic heterocycles. The molecule has 0 radical (unpaired) electrons. The maximum absolute atomic E-state index is 12.3. The second kappa shape index (κ2) is 11.3. The predicted octanol–water partition coefficient (Wildman–Crippen LogP) is 3.79. The van der Waals surface area contributed by atoms with E-state index in [0.717, 1.165) is 6.54 Å². The molecule has 2 aromatic carbocycles. The molecule has 2 aromatic rings. The van der Waals surface area contributed by atoms with E-state index in [1.54, 1.807) is 30.3 Å². The molecule has 0 aromatic heterocycles. The lowest BCUT2D eigenvalue weighted by Gasteiger charge is -2.13. The number of anilines is 2. The highest BCUT2D eigenvalue weighted by molar-refractivity contribution is 6.00. The number of likely N-dealkylation sites (N-methyl/N-ethyl adjacent to an activating group) is 1. The quantitative estimate of drug-likeness (QED) is 0.575. The third kappa shape index (κ3) is 6.85. The number of alkyl halides is 2. The SMILES string of the molecule is CCNCCNC(=O)c1ccccc1Nc1ccc(OC(F)F)cc1.Cl. The van der Waals surface area contributed by atoms with Gasteiger partial charge in [-0.15, -0.1) is 12.4 Å². The molecule has 0 saturated heterocycles. The third-order valence-electron chi connectivity index (χ3n) is 3.37. The first kappa shape index (κ1) is 21.7. The summed E-state index contributed by atoms with van der Waals surface area (Å²) < 4.78 is 28.7. The van der Waals surface area contributed by atoms with Crippen molar-refractivity contribution in [2.24, 2.45) is 0 Å². The highest BCUT2D eigenvalue weighted by atomic mass is 35.5. The van der Waals surface area contributed by atoms with Crippen molar-refractivity contribution in [2.45, 2.75) is 13.5 Å². The Bertz CT molecular complexity index is 684. The van der Waals surface area contributed by atoms with E-state index in [1.165, 1.54) is 12.1 Å². The van der Waals surface area contributed by atoms with Crippen LogP contribution in [0.2, 0.25) is 0 Å². The summed E-state index contributed by atoms with van der Waals surface area (Å²) in [5, 5.41) is 9.09. The van der Waals surface area contributed by atoms with Crippen molar-refractivity contribution in [2.75, 3.05) is 25.0 Å². The smallest absolute Gasteiger partial charge is 0.387 e. The van der Waals surface area contributed by atoms with Gasteiger partial charge in [-0.25, -0.2) is 0 Å².